The summed E-state index contributed by atoms with van der Waals surface area (Å²) in [6, 6.07) is 16.5. The zero-order chi connectivity index (χ0) is 15.1. The van der Waals surface area contributed by atoms with Crippen molar-refractivity contribution < 1.29 is 4.74 Å². The summed E-state index contributed by atoms with van der Waals surface area (Å²) in [6.07, 6.45) is 0. The molecule has 0 radical (unpaired) electrons. The zero-order valence-electron chi connectivity index (χ0n) is 12.3. The SMILES string of the molecule is CCNC(CSc1ccccc1Cl)c1ccc(OC)cc1. The molecule has 0 spiro atoms. The Labute approximate surface area is 135 Å². The van der Waals surface area contributed by atoms with Gasteiger partial charge >= 0.3 is 0 Å². The van der Waals surface area contributed by atoms with Gasteiger partial charge in [0.25, 0.3) is 0 Å². The van der Waals surface area contributed by atoms with E-state index in [1.807, 2.05) is 30.3 Å². The van der Waals surface area contributed by atoms with Gasteiger partial charge in [0.2, 0.25) is 0 Å². The fraction of sp³-hybridized carbons (Fsp3) is 0.294. The number of benzene rings is 2. The number of methoxy groups -OCH3 is 1. The number of nitrogens with one attached hydrogen (secondary N) is 1. The molecular weight excluding hydrogens is 302 g/mol. The van der Waals surface area contributed by atoms with Crippen molar-refractivity contribution in [1.29, 1.82) is 0 Å². The zero-order valence-corrected chi connectivity index (χ0v) is 13.9. The monoisotopic (exact) mass is 321 g/mol. The van der Waals surface area contributed by atoms with Crippen LogP contribution in [0.4, 0.5) is 0 Å². The molecule has 2 nitrogen and oxygen atoms in total. The fourth-order valence-corrected chi connectivity index (χ4v) is 3.43. The second kappa shape index (κ2) is 8.32. The van der Waals surface area contributed by atoms with Crippen molar-refractivity contribution in [3.8, 4) is 5.75 Å². The highest BCUT2D eigenvalue weighted by molar-refractivity contribution is 7.99. The third kappa shape index (κ3) is 4.67. The molecule has 1 unspecified atom stereocenters. The normalized spacial score (nSPS) is 12.1. The van der Waals surface area contributed by atoms with Gasteiger partial charge in [0.1, 0.15) is 5.75 Å². The van der Waals surface area contributed by atoms with E-state index in [9.17, 15) is 0 Å². The van der Waals surface area contributed by atoms with Gasteiger partial charge in [-0.3, -0.25) is 0 Å². The number of hydrogen-bond acceptors (Lipinski definition) is 3. The second-order valence-corrected chi connectivity index (χ2v) is 6.09. The van der Waals surface area contributed by atoms with E-state index in [4.69, 9.17) is 16.3 Å². The highest BCUT2D eigenvalue weighted by Gasteiger charge is 2.12. The van der Waals surface area contributed by atoms with Gasteiger partial charge in [-0.15, -0.1) is 11.8 Å². The Morgan fingerprint density at radius 2 is 1.86 bits per heavy atom. The molecule has 0 saturated carbocycles. The average Bonchev–Trinajstić information content (AvgIpc) is 2.53. The van der Waals surface area contributed by atoms with Gasteiger partial charge < -0.3 is 10.1 Å². The molecule has 0 amide bonds. The number of rotatable bonds is 7. The van der Waals surface area contributed by atoms with Crippen LogP contribution in [-0.4, -0.2) is 19.4 Å². The third-order valence-electron chi connectivity index (χ3n) is 3.21. The first kappa shape index (κ1) is 16.2. The van der Waals surface area contributed by atoms with E-state index < -0.39 is 0 Å². The molecule has 2 rings (SSSR count). The molecular formula is C17H20ClNOS. The van der Waals surface area contributed by atoms with Crippen LogP contribution >= 0.6 is 23.4 Å². The lowest BCUT2D eigenvalue weighted by Gasteiger charge is -2.18. The lowest BCUT2D eigenvalue weighted by Crippen LogP contribution is -2.22. The van der Waals surface area contributed by atoms with Gasteiger partial charge in [0.15, 0.2) is 0 Å². The highest BCUT2D eigenvalue weighted by Crippen LogP contribution is 2.30. The number of thioether (sulfide) groups is 1. The molecule has 0 aliphatic carbocycles. The predicted molar refractivity (Wildman–Crippen MR) is 91.6 cm³/mol. The van der Waals surface area contributed by atoms with E-state index in [1.165, 1.54) is 5.56 Å². The predicted octanol–water partition coefficient (Wildman–Crippen LogP) is 4.79. The summed E-state index contributed by atoms with van der Waals surface area (Å²) in [5.41, 5.74) is 1.26. The topological polar surface area (TPSA) is 21.3 Å². The third-order valence-corrected chi connectivity index (χ3v) is 4.82. The summed E-state index contributed by atoms with van der Waals surface area (Å²) < 4.78 is 5.21. The minimum atomic E-state index is 0.294. The lowest BCUT2D eigenvalue weighted by molar-refractivity contribution is 0.414. The van der Waals surface area contributed by atoms with Crippen LogP contribution in [0.5, 0.6) is 5.75 Å². The van der Waals surface area contributed by atoms with Crippen molar-refractivity contribution in [3.63, 3.8) is 0 Å². The van der Waals surface area contributed by atoms with Crippen molar-refractivity contribution in [2.24, 2.45) is 0 Å². The van der Waals surface area contributed by atoms with Crippen LogP contribution in [0.25, 0.3) is 0 Å². The largest absolute Gasteiger partial charge is 0.497 e. The standard InChI is InChI=1S/C17H20ClNOS/c1-3-19-16(13-8-10-14(20-2)11-9-13)12-21-17-7-5-4-6-15(17)18/h4-11,16,19H,3,12H2,1-2H3. The summed E-state index contributed by atoms with van der Waals surface area (Å²) in [5, 5.41) is 4.33. The van der Waals surface area contributed by atoms with Gasteiger partial charge in [0.05, 0.1) is 12.1 Å². The molecule has 112 valence electrons. The number of hydrogen-bond donors (Lipinski definition) is 1. The Morgan fingerprint density at radius 1 is 1.14 bits per heavy atom. The Balaban J connectivity index is 2.06. The van der Waals surface area contributed by atoms with E-state index in [0.29, 0.717) is 6.04 Å². The van der Waals surface area contributed by atoms with Crippen LogP contribution in [0, 0.1) is 0 Å². The first-order chi connectivity index (χ1) is 10.2. The summed E-state index contributed by atoms with van der Waals surface area (Å²) in [6.45, 7) is 3.05. The molecule has 0 fully saturated rings. The summed E-state index contributed by atoms with van der Waals surface area (Å²) in [7, 11) is 1.68. The van der Waals surface area contributed by atoms with Gasteiger partial charge in [-0.1, -0.05) is 42.8 Å². The lowest BCUT2D eigenvalue weighted by atomic mass is 10.1. The minimum Gasteiger partial charge on any atom is -0.497 e. The second-order valence-electron chi connectivity index (χ2n) is 4.62. The first-order valence-corrected chi connectivity index (χ1v) is 8.35. The Bertz CT molecular complexity index is 559. The van der Waals surface area contributed by atoms with Gasteiger partial charge in [-0.2, -0.15) is 0 Å². The fourth-order valence-electron chi connectivity index (χ4n) is 2.09. The van der Waals surface area contributed by atoms with Gasteiger partial charge in [-0.25, -0.2) is 0 Å². The van der Waals surface area contributed by atoms with Crippen molar-refractivity contribution >= 4 is 23.4 Å². The molecule has 2 aromatic carbocycles. The first-order valence-electron chi connectivity index (χ1n) is 6.99. The van der Waals surface area contributed by atoms with Crippen LogP contribution in [0.2, 0.25) is 5.02 Å². The molecule has 0 bridgehead atoms. The maximum Gasteiger partial charge on any atom is 0.118 e. The highest BCUT2D eigenvalue weighted by atomic mass is 35.5. The summed E-state index contributed by atoms with van der Waals surface area (Å²) in [4.78, 5) is 1.12. The molecule has 0 aliphatic rings. The Kier molecular flexibility index (Phi) is 6.43. The van der Waals surface area contributed by atoms with Crippen molar-refractivity contribution in [2.45, 2.75) is 17.9 Å². The number of ether oxygens (including phenoxy) is 1. The van der Waals surface area contributed by atoms with E-state index >= 15 is 0 Å². The van der Waals surface area contributed by atoms with Crippen LogP contribution in [-0.2, 0) is 0 Å². The van der Waals surface area contributed by atoms with E-state index in [0.717, 1.165) is 28.0 Å². The van der Waals surface area contributed by atoms with Crippen LogP contribution in [0.3, 0.4) is 0 Å². The van der Waals surface area contributed by atoms with Crippen molar-refractivity contribution in [2.75, 3.05) is 19.4 Å². The van der Waals surface area contributed by atoms with Crippen molar-refractivity contribution in [3.05, 3.63) is 59.1 Å². The van der Waals surface area contributed by atoms with E-state index in [-0.39, 0.29) is 0 Å². The molecule has 0 heterocycles. The molecule has 21 heavy (non-hydrogen) atoms. The Morgan fingerprint density at radius 3 is 2.48 bits per heavy atom. The maximum atomic E-state index is 6.21. The molecule has 1 N–H and O–H groups in total. The quantitative estimate of drug-likeness (QED) is 0.741. The molecule has 0 saturated heterocycles. The molecule has 0 aromatic heterocycles. The molecule has 4 heteroatoms. The number of halogens is 1. The molecule has 1 atom stereocenters. The van der Waals surface area contributed by atoms with Crippen LogP contribution in [0.1, 0.15) is 18.5 Å². The summed E-state index contributed by atoms with van der Waals surface area (Å²) in [5.74, 6) is 1.82. The van der Waals surface area contributed by atoms with Crippen LogP contribution in [0.15, 0.2) is 53.4 Å². The molecule has 2 aromatic rings. The van der Waals surface area contributed by atoms with E-state index in [2.05, 4.69) is 30.4 Å². The average molecular weight is 322 g/mol. The minimum absolute atomic E-state index is 0.294. The smallest absolute Gasteiger partial charge is 0.118 e. The van der Waals surface area contributed by atoms with E-state index in [1.54, 1.807) is 18.9 Å². The van der Waals surface area contributed by atoms with Gasteiger partial charge in [-0.05, 0) is 36.4 Å². The van der Waals surface area contributed by atoms with Gasteiger partial charge in [0, 0.05) is 16.7 Å². The Hall–Kier alpha value is -1.16. The van der Waals surface area contributed by atoms with Crippen molar-refractivity contribution in [1.82, 2.24) is 5.32 Å². The summed E-state index contributed by atoms with van der Waals surface area (Å²) >= 11 is 7.99. The molecule has 0 aliphatic heterocycles. The van der Waals surface area contributed by atoms with Crippen LogP contribution < -0.4 is 10.1 Å². The maximum absolute atomic E-state index is 6.21.